The van der Waals surface area contributed by atoms with Gasteiger partial charge in [-0.3, -0.25) is 10.1 Å². The van der Waals surface area contributed by atoms with Gasteiger partial charge in [0.2, 0.25) is 0 Å². The standard InChI is InChI=1S/C26H21BrCl2N2O4/c1-34-23-10-15(9-21(27)26(23)35-13-14-5-7-16(28)8-6-14)24-19-4-2-3-18(19)20-11-17(31(32)33)12-22(29)25(20)30-24/h2-3,5-12,18-19,24,30H,4,13H2,1H3/t18-,19-,24-/m0/s1. The number of nitrogens with zero attached hydrogens (tertiary/aromatic N) is 1. The molecule has 9 heteroatoms. The molecule has 3 aromatic rings. The zero-order chi connectivity index (χ0) is 24.7. The number of allylic oxidation sites excluding steroid dienone is 2. The van der Waals surface area contributed by atoms with E-state index in [1.54, 1.807) is 13.2 Å². The molecule has 0 saturated carbocycles. The molecule has 35 heavy (non-hydrogen) atoms. The fraction of sp³-hybridized carbons (Fsp3) is 0.231. The quantitative estimate of drug-likeness (QED) is 0.183. The summed E-state index contributed by atoms with van der Waals surface area (Å²) in [4.78, 5) is 11.0. The Bertz CT molecular complexity index is 1330. The van der Waals surface area contributed by atoms with Gasteiger partial charge in [0, 0.05) is 23.1 Å². The zero-order valence-corrected chi connectivity index (χ0v) is 21.7. The largest absolute Gasteiger partial charge is 0.493 e. The van der Waals surface area contributed by atoms with E-state index in [0.717, 1.165) is 33.3 Å². The van der Waals surface area contributed by atoms with E-state index in [0.29, 0.717) is 28.2 Å². The summed E-state index contributed by atoms with van der Waals surface area (Å²) in [5.74, 6) is 1.42. The molecule has 3 aromatic carbocycles. The van der Waals surface area contributed by atoms with E-state index < -0.39 is 4.92 Å². The number of benzene rings is 3. The van der Waals surface area contributed by atoms with Crippen LogP contribution in [0, 0.1) is 16.0 Å². The molecular formula is C26H21BrCl2N2O4. The minimum absolute atomic E-state index is 0.000322. The van der Waals surface area contributed by atoms with Gasteiger partial charge in [0.05, 0.1) is 33.3 Å². The van der Waals surface area contributed by atoms with Crippen LogP contribution in [-0.2, 0) is 6.61 Å². The molecule has 1 aliphatic heterocycles. The Morgan fingerprint density at radius 1 is 1.17 bits per heavy atom. The van der Waals surface area contributed by atoms with Gasteiger partial charge in [0.15, 0.2) is 11.5 Å². The number of fused-ring (bicyclic) bond motifs is 3. The summed E-state index contributed by atoms with van der Waals surface area (Å²) >= 11 is 16.1. The maximum Gasteiger partial charge on any atom is 0.271 e. The first-order valence-corrected chi connectivity index (χ1v) is 12.6. The van der Waals surface area contributed by atoms with Gasteiger partial charge >= 0.3 is 0 Å². The molecule has 0 saturated heterocycles. The number of halogens is 3. The third-order valence-corrected chi connectivity index (χ3v) is 7.66. The van der Waals surface area contributed by atoms with Crippen molar-refractivity contribution >= 4 is 50.5 Å². The number of nitro benzene ring substituents is 1. The molecule has 5 rings (SSSR count). The Morgan fingerprint density at radius 2 is 1.94 bits per heavy atom. The smallest absolute Gasteiger partial charge is 0.271 e. The molecule has 0 amide bonds. The van der Waals surface area contributed by atoms with Gasteiger partial charge < -0.3 is 14.8 Å². The molecule has 0 unspecified atom stereocenters. The lowest BCUT2D eigenvalue weighted by Gasteiger charge is -2.38. The van der Waals surface area contributed by atoms with E-state index in [4.69, 9.17) is 32.7 Å². The minimum atomic E-state index is -0.406. The average Bonchev–Trinajstić information content (AvgIpc) is 3.34. The monoisotopic (exact) mass is 574 g/mol. The summed E-state index contributed by atoms with van der Waals surface area (Å²) in [6, 6.07) is 14.4. The predicted molar refractivity (Wildman–Crippen MR) is 141 cm³/mol. The van der Waals surface area contributed by atoms with Crippen LogP contribution in [0.2, 0.25) is 10.0 Å². The fourth-order valence-corrected chi connectivity index (χ4v) is 5.85. The second kappa shape index (κ2) is 9.72. The van der Waals surface area contributed by atoms with Crippen LogP contribution in [0.15, 0.2) is 65.2 Å². The topological polar surface area (TPSA) is 73.6 Å². The van der Waals surface area contributed by atoms with E-state index in [-0.39, 0.29) is 23.6 Å². The van der Waals surface area contributed by atoms with Crippen molar-refractivity contribution in [1.82, 2.24) is 0 Å². The number of nitrogens with one attached hydrogen (secondary N) is 1. The fourth-order valence-electron chi connectivity index (χ4n) is 4.87. The summed E-state index contributed by atoms with van der Waals surface area (Å²) in [7, 11) is 1.61. The molecule has 0 spiro atoms. The van der Waals surface area contributed by atoms with Gasteiger partial charge in [-0.15, -0.1) is 0 Å². The van der Waals surface area contributed by atoms with Crippen LogP contribution in [0.1, 0.15) is 35.1 Å². The number of methoxy groups -OCH3 is 1. The van der Waals surface area contributed by atoms with Crippen LogP contribution < -0.4 is 14.8 Å². The summed E-state index contributed by atoms with van der Waals surface area (Å²) < 4.78 is 12.6. The number of nitro groups is 1. The van der Waals surface area contributed by atoms with Crippen molar-refractivity contribution in [2.24, 2.45) is 5.92 Å². The number of non-ortho nitro benzene ring substituents is 1. The Labute approximate surface area is 221 Å². The first-order chi connectivity index (χ1) is 16.9. The lowest BCUT2D eigenvalue weighted by atomic mass is 9.77. The molecule has 1 aliphatic carbocycles. The van der Waals surface area contributed by atoms with Crippen molar-refractivity contribution in [1.29, 1.82) is 0 Å². The lowest BCUT2D eigenvalue weighted by Crippen LogP contribution is -2.29. The van der Waals surface area contributed by atoms with Gasteiger partial charge in [0.25, 0.3) is 5.69 Å². The van der Waals surface area contributed by atoms with Crippen LogP contribution in [0.3, 0.4) is 0 Å². The lowest BCUT2D eigenvalue weighted by molar-refractivity contribution is -0.384. The molecule has 1 N–H and O–H groups in total. The van der Waals surface area contributed by atoms with Gasteiger partial charge in [-0.2, -0.15) is 0 Å². The molecule has 0 radical (unpaired) electrons. The Kier molecular flexibility index (Phi) is 6.66. The van der Waals surface area contributed by atoms with Crippen molar-refractivity contribution in [2.75, 3.05) is 12.4 Å². The van der Waals surface area contributed by atoms with E-state index in [1.165, 1.54) is 6.07 Å². The Hall–Kier alpha value is -2.74. The number of rotatable bonds is 6. The molecule has 0 aromatic heterocycles. The normalized spacial score (nSPS) is 20.1. The van der Waals surface area contributed by atoms with Gasteiger partial charge in [-0.1, -0.05) is 47.5 Å². The Morgan fingerprint density at radius 3 is 2.66 bits per heavy atom. The van der Waals surface area contributed by atoms with Crippen LogP contribution >= 0.6 is 39.1 Å². The molecular weight excluding hydrogens is 555 g/mol. The highest BCUT2D eigenvalue weighted by molar-refractivity contribution is 9.10. The Balaban J connectivity index is 1.47. The van der Waals surface area contributed by atoms with Gasteiger partial charge in [-0.25, -0.2) is 0 Å². The van der Waals surface area contributed by atoms with E-state index in [1.807, 2.05) is 36.4 Å². The van der Waals surface area contributed by atoms with Crippen molar-refractivity contribution in [3.8, 4) is 11.5 Å². The average molecular weight is 576 g/mol. The van der Waals surface area contributed by atoms with Crippen LogP contribution in [0.25, 0.3) is 0 Å². The molecule has 2 aliphatic rings. The van der Waals surface area contributed by atoms with Crippen molar-refractivity contribution in [3.63, 3.8) is 0 Å². The van der Waals surface area contributed by atoms with Gasteiger partial charge in [0.1, 0.15) is 6.61 Å². The number of anilines is 1. The molecule has 6 nitrogen and oxygen atoms in total. The summed E-state index contributed by atoms with van der Waals surface area (Å²) in [5, 5.41) is 16.0. The first kappa shape index (κ1) is 24.0. The summed E-state index contributed by atoms with van der Waals surface area (Å²) in [6.07, 6.45) is 5.09. The first-order valence-electron chi connectivity index (χ1n) is 11.0. The zero-order valence-electron chi connectivity index (χ0n) is 18.6. The van der Waals surface area contributed by atoms with E-state index in [9.17, 15) is 10.1 Å². The second-order valence-electron chi connectivity index (χ2n) is 8.57. The summed E-state index contributed by atoms with van der Waals surface area (Å²) in [5.41, 5.74) is 3.58. The molecule has 0 bridgehead atoms. The van der Waals surface area contributed by atoms with Crippen LogP contribution in [-0.4, -0.2) is 12.0 Å². The van der Waals surface area contributed by atoms with E-state index in [2.05, 4.69) is 33.4 Å². The number of hydrogen-bond donors (Lipinski definition) is 1. The van der Waals surface area contributed by atoms with E-state index >= 15 is 0 Å². The van der Waals surface area contributed by atoms with Crippen molar-refractivity contribution < 1.29 is 14.4 Å². The van der Waals surface area contributed by atoms with Crippen molar-refractivity contribution in [3.05, 3.63) is 102 Å². The molecule has 3 atom stereocenters. The summed E-state index contributed by atoms with van der Waals surface area (Å²) in [6.45, 7) is 0.365. The highest BCUT2D eigenvalue weighted by atomic mass is 79.9. The maximum atomic E-state index is 11.4. The third-order valence-electron chi connectivity index (χ3n) is 6.52. The highest BCUT2D eigenvalue weighted by Gasteiger charge is 2.40. The number of hydrogen-bond acceptors (Lipinski definition) is 5. The highest BCUT2D eigenvalue weighted by Crippen LogP contribution is 2.53. The maximum absolute atomic E-state index is 11.4. The second-order valence-corrected chi connectivity index (χ2v) is 10.3. The SMILES string of the molecule is COc1cc([C@@H]2Nc3c(Cl)cc([N+](=O)[O-])cc3[C@H]3C=CC[C@@H]32)cc(Br)c1OCc1ccc(Cl)cc1. The van der Waals surface area contributed by atoms with Crippen LogP contribution in [0.5, 0.6) is 11.5 Å². The molecule has 180 valence electrons. The molecule has 0 fully saturated rings. The van der Waals surface area contributed by atoms with Crippen molar-refractivity contribution in [2.45, 2.75) is 25.0 Å². The number of ether oxygens (including phenoxy) is 2. The molecule has 1 heterocycles. The van der Waals surface area contributed by atoms with Crippen LogP contribution in [0.4, 0.5) is 11.4 Å². The third kappa shape index (κ3) is 4.60. The predicted octanol–water partition coefficient (Wildman–Crippen LogP) is 8.08. The van der Waals surface area contributed by atoms with Gasteiger partial charge in [-0.05, 0) is 69.2 Å². The minimum Gasteiger partial charge on any atom is -0.493 e.